The van der Waals surface area contributed by atoms with Crippen molar-refractivity contribution >= 4 is 38.4 Å². The van der Waals surface area contributed by atoms with Crippen LogP contribution in [0.25, 0.3) is 0 Å². The van der Waals surface area contributed by atoms with Gasteiger partial charge in [-0.3, -0.25) is 15.3 Å². The molecule has 0 bridgehead atoms. The predicted molar refractivity (Wildman–Crippen MR) is 113 cm³/mol. The molecule has 1 amide bonds. The van der Waals surface area contributed by atoms with E-state index in [-0.39, 0.29) is 33.9 Å². The number of nitrogens with two attached hydrogens (primary N) is 1. The fraction of sp³-hybridized carbons (Fsp3) is 0.353. The summed E-state index contributed by atoms with van der Waals surface area (Å²) in [6.07, 6.45) is -0.755. The number of nitrogens with zero attached hydrogens (tertiary/aromatic N) is 3. The molecule has 2 atom stereocenters. The zero-order chi connectivity index (χ0) is 23.6. The van der Waals surface area contributed by atoms with Gasteiger partial charge in [0.15, 0.2) is 0 Å². The topological polar surface area (TPSA) is 163 Å². The molecule has 1 aromatic heterocycles. The van der Waals surface area contributed by atoms with Crippen LogP contribution in [0.2, 0.25) is 0 Å². The second kappa shape index (κ2) is 9.90. The minimum atomic E-state index is -3.80. The third kappa shape index (κ3) is 5.00. The van der Waals surface area contributed by atoms with Gasteiger partial charge in [0.05, 0.1) is 11.4 Å². The second-order valence-electron chi connectivity index (χ2n) is 6.69. The second-order valence-corrected chi connectivity index (χ2v) is 11.3. The maximum absolute atomic E-state index is 13.1. The normalized spacial score (nSPS) is 18.9. The van der Waals surface area contributed by atoms with E-state index < -0.39 is 38.5 Å². The molecule has 0 fully saturated rings. The monoisotopic (exact) mass is 506 g/mol. The Balaban J connectivity index is 1.92. The van der Waals surface area contributed by atoms with Gasteiger partial charge in [0.2, 0.25) is 0 Å². The Bertz CT molecular complexity index is 1120. The average molecular weight is 507 g/mol. The van der Waals surface area contributed by atoms with Gasteiger partial charge >= 0.3 is 6.09 Å². The van der Waals surface area contributed by atoms with E-state index in [9.17, 15) is 17.4 Å². The van der Waals surface area contributed by atoms with Crippen LogP contribution in [0, 0.1) is 0 Å². The molecule has 0 radical (unpaired) electrons. The highest BCUT2D eigenvalue weighted by Crippen LogP contribution is 2.41. The summed E-state index contributed by atoms with van der Waals surface area (Å²) in [5.74, 6) is 0.129. The van der Waals surface area contributed by atoms with E-state index in [4.69, 9.17) is 20.3 Å². The molecule has 1 aliphatic rings. The smallest absolute Gasteiger partial charge is 0.410 e. The van der Waals surface area contributed by atoms with E-state index in [0.29, 0.717) is 11.1 Å². The molecular formula is C17H22N4O8S3. The van der Waals surface area contributed by atoms with Gasteiger partial charge in [-0.15, -0.1) is 11.3 Å². The summed E-state index contributed by atoms with van der Waals surface area (Å²) in [4.78, 5) is 19.0. The predicted octanol–water partition coefficient (Wildman–Crippen LogP) is 1.44. The van der Waals surface area contributed by atoms with Crippen molar-refractivity contribution in [3.8, 4) is 5.75 Å². The van der Waals surface area contributed by atoms with Gasteiger partial charge in [0.25, 0.3) is 10.0 Å². The lowest BCUT2D eigenvalue weighted by molar-refractivity contribution is -0.497. The fourth-order valence-electron chi connectivity index (χ4n) is 3.23. The Morgan fingerprint density at radius 2 is 2.06 bits per heavy atom. The molecule has 0 spiro atoms. The first kappa shape index (κ1) is 24.7. The number of likely N-dealkylation sites (N-methyl/N-ethyl adjacent to an activating group) is 2. The van der Waals surface area contributed by atoms with Gasteiger partial charge in [0.1, 0.15) is 31.8 Å². The van der Waals surface area contributed by atoms with Crippen molar-refractivity contribution in [1.29, 1.82) is 0 Å². The van der Waals surface area contributed by atoms with E-state index >= 15 is 0 Å². The first-order valence-corrected chi connectivity index (χ1v) is 12.7. The first-order chi connectivity index (χ1) is 15.1. The van der Waals surface area contributed by atoms with Crippen molar-refractivity contribution in [1.82, 2.24) is 14.6 Å². The van der Waals surface area contributed by atoms with Crippen LogP contribution < -0.4 is 9.88 Å². The number of para-hydroxylation sites is 1. The van der Waals surface area contributed by atoms with E-state index in [1.54, 1.807) is 25.1 Å². The summed E-state index contributed by atoms with van der Waals surface area (Å²) in [6, 6.07) is 7.10. The molecule has 15 heteroatoms. The van der Waals surface area contributed by atoms with Crippen LogP contribution in [0.3, 0.4) is 0 Å². The van der Waals surface area contributed by atoms with Crippen LogP contribution >= 0.6 is 11.3 Å². The van der Waals surface area contributed by atoms with Crippen LogP contribution in [-0.4, -0.2) is 63.9 Å². The first-order valence-electron chi connectivity index (χ1n) is 9.19. The Labute approximate surface area is 190 Å². The zero-order valence-electron chi connectivity index (χ0n) is 17.1. The van der Waals surface area contributed by atoms with Gasteiger partial charge in [-0.25, -0.2) is 27.4 Å². The highest BCUT2D eigenvalue weighted by molar-refractivity contribution is 7.92. The molecule has 2 aromatic rings. The molecule has 12 nitrogen and oxygen atoms in total. The molecule has 0 saturated carbocycles. The van der Waals surface area contributed by atoms with E-state index in [2.05, 4.69) is 4.84 Å². The quantitative estimate of drug-likeness (QED) is 0.471. The van der Waals surface area contributed by atoms with Crippen LogP contribution in [0.15, 0.2) is 38.8 Å². The molecular weight excluding hydrogens is 484 g/mol. The van der Waals surface area contributed by atoms with Gasteiger partial charge in [-0.2, -0.15) is 4.31 Å². The number of ether oxygens (including phenoxy) is 1. The number of benzene rings is 1. The Hall–Kier alpha value is -1.95. The number of hydrogen-bond donors (Lipinski definition) is 3. The number of carbonyl (C=O) groups is 1. The molecule has 2 heterocycles. The number of hydrogen-bond acceptors (Lipinski definition) is 10. The number of rotatable bonds is 7. The summed E-state index contributed by atoms with van der Waals surface area (Å²) in [6.45, 7) is 1.59. The molecule has 32 heavy (non-hydrogen) atoms. The van der Waals surface area contributed by atoms with Crippen LogP contribution in [0.4, 0.5) is 4.79 Å². The molecule has 0 aliphatic carbocycles. The molecule has 176 valence electrons. The third-order valence-electron chi connectivity index (χ3n) is 4.79. The molecule has 4 N–H and O–H groups in total. The van der Waals surface area contributed by atoms with Gasteiger partial charge in [-0.05, 0) is 19.1 Å². The lowest BCUT2D eigenvalue weighted by Gasteiger charge is -2.36. The summed E-state index contributed by atoms with van der Waals surface area (Å²) < 4.78 is 44.0. The molecule has 0 saturated heterocycles. The minimum absolute atomic E-state index is 0.0175. The Morgan fingerprint density at radius 1 is 1.38 bits per heavy atom. The Morgan fingerprint density at radius 3 is 2.69 bits per heavy atom. The SMILES string of the molecule is CCN(C(=O)Oc1ccccc1CON(O)O)[C@H]1CN(C)S(=O)(=O)c2sc(S(N)=O)cc21. The fourth-order valence-corrected chi connectivity index (χ4v) is 7.07. The third-order valence-corrected chi connectivity index (χ3v) is 9.34. The summed E-state index contributed by atoms with van der Waals surface area (Å²) in [5, 5.41) is 22.5. The largest absolute Gasteiger partial charge is 0.415 e. The highest BCUT2D eigenvalue weighted by Gasteiger charge is 2.41. The number of thiophene rings is 1. The lowest BCUT2D eigenvalue weighted by atomic mass is 10.1. The highest BCUT2D eigenvalue weighted by atomic mass is 32.3. The molecule has 1 unspecified atom stereocenters. The summed E-state index contributed by atoms with van der Waals surface area (Å²) in [7, 11) is -4.28. The average Bonchev–Trinajstić information content (AvgIpc) is 3.19. The number of carbonyl (C=O) groups excluding carboxylic acids is 1. The van der Waals surface area contributed by atoms with Crippen LogP contribution in [-0.2, 0) is 32.5 Å². The minimum Gasteiger partial charge on any atom is -0.410 e. The summed E-state index contributed by atoms with van der Waals surface area (Å²) >= 11 is 0.811. The zero-order valence-corrected chi connectivity index (χ0v) is 19.5. The molecule has 3 rings (SSSR count). The standard InChI is InChI=1S/C17H22N4O8S3/c1-3-20(17(22)29-14-7-5-4-6-11(14)10-28-21(23)24)13-9-19(2)32(26,27)16-12(13)8-15(30-16)31(18)25/h4-8,13,23-24H,3,9-10,18H2,1-2H3/t13-,31?/m0/s1. The van der Waals surface area contributed by atoms with Crippen molar-refractivity contribution in [3.05, 3.63) is 41.5 Å². The van der Waals surface area contributed by atoms with Crippen molar-refractivity contribution in [3.63, 3.8) is 0 Å². The number of amides is 1. The summed E-state index contributed by atoms with van der Waals surface area (Å²) in [5.41, 5.74) is 0.693. The van der Waals surface area contributed by atoms with Crippen molar-refractivity contribution in [2.24, 2.45) is 5.14 Å². The Kier molecular flexibility index (Phi) is 7.64. The van der Waals surface area contributed by atoms with Crippen LogP contribution in [0.1, 0.15) is 24.1 Å². The molecule has 1 aromatic carbocycles. The van der Waals surface area contributed by atoms with Crippen molar-refractivity contribution < 1.29 is 37.4 Å². The maximum atomic E-state index is 13.1. The number of fused-ring (bicyclic) bond motifs is 1. The van der Waals surface area contributed by atoms with Crippen molar-refractivity contribution in [2.75, 3.05) is 20.1 Å². The van der Waals surface area contributed by atoms with E-state index in [1.165, 1.54) is 24.1 Å². The van der Waals surface area contributed by atoms with E-state index in [0.717, 1.165) is 15.6 Å². The van der Waals surface area contributed by atoms with Crippen LogP contribution in [0.5, 0.6) is 5.75 Å². The van der Waals surface area contributed by atoms with Gasteiger partial charge < -0.3 is 4.74 Å². The van der Waals surface area contributed by atoms with Gasteiger partial charge in [0, 0.05) is 31.3 Å². The van der Waals surface area contributed by atoms with Crippen molar-refractivity contribution in [2.45, 2.75) is 28.0 Å². The lowest BCUT2D eigenvalue weighted by Crippen LogP contribution is -2.46. The van der Waals surface area contributed by atoms with E-state index in [1.807, 2.05) is 0 Å². The number of sulfonamides is 1. The molecule has 1 aliphatic heterocycles. The van der Waals surface area contributed by atoms with Gasteiger partial charge in [-0.1, -0.05) is 18.2 Å². The maximum Gasteiger partial charge on any atom is 0.415 e.